The zero-order chi connectivity index (χ0) is 22.5. The molecule has 166 valence electrons. The zero-order valence-corrected chi connectivity index (χ0v) is 17.8. The number of ether oxygens (including phenoxy) is 1. The average Bonchev–Trinajstić information content (AvgIpc) is 3.20. The van der Waals surface area contributed by atoms with Crippen molar-refractivity contribution in [2.75, 3.05) is 26.2 Å². The Kier molecular flexibility index (Phi) is 6.51. The molecule has 0 aliphatic carbocycles. The average molecular weight is 435 g/mol. The number of carboxylic acid groups (broad SMARTS) is 1. The fourth-order valence-electron chi connectivity index (χ4n) is 3.68. The lowest BCUT2D eigenvalue weighted by atomic mass is 10.1. The van der Waals surface area contributed by atoms with Crippen LogP contribution in [0, 0.1) is 6.92 Å². The van der Waals surface area contributed by atoms with Crippen molar-refractivity contribution in [1.82, 2.24) is 15.2 Å². The molecule has 8 heteroatoms. The molecule has 1 amide bonds. The Morgan fingerprint density at radius 2 is 2.03 bits per heavy atom. The first-order valence-electron chi connectivity index (χ1n) is 10.5. The summed E-state index contributed by atoms with van der Waals surface area (Å²) in [5.41, 5.74) is 2.14. The van der Waals surface area contributed by atoms with E-state index in [1.807, 2.05) is 37.3 Å². The maximum absolute atomic E-state index is 12.9. The van der Waals surface area contributed by atoms with Crippen LogP contribution in [-0.4, -0.2) is 59.1 Å². The van der Waals surface area contributed by atoms with Crippen LogP contribution in [0.25, 0.3) is 11.5 Å². The van der Waals surface area contributed by atoms with Crippen LogP contribution in [0.5, 0.6) is 5.75 Å². The van der Waals surface area contributed by atoms with Gasteiger partial charge in [-0.2, -0.15) is 0 Å². The summed E-state index contributed by atoms with van der Waals surface area (Å²) in [6, 6.07) is 15.6. The summed E-state index contributed by atoms with van der Waals surface area (Å²) in [6.45, 7) is 3.38. The number of carbonyl (C=O) groups excluding carboxylic acids is 1. The lowest BCUT2D eigenvalue weighted by Crippen LogP contribution is -2.56. The second kappa shape index (κ2) is 9.65. The van der Waals surface area contributed by atoms with Gasteiger partial charge in [0.1, 0.15) is 17.6 Å². The standard InChI is InChI=1S/C24H25N3O5/c1-16-20(26-22(32-16)17-6-3-2-4-7-17)10-13-31-19-9-5-8-18(14-19)23(28)27-12-11-25-15-21(27)24(29)30/h2-9,14,21,25H,10-13,15H2,1H3,(H,29,30). The number of amides is 1. The molecule has 3 aromatic rings. The fraction of sp³-hybridized carbons (Fsp3) is 0.292. The van der Waals surface area contributed by atoms with Crippen LogP contribution in [0.15, 0.2) is 59.0 Å². The number of benzene rings is 2. The summed E-state index contributed by atoms with van der Waals surface area (Å²) < 4.78 is 11.6. The molecule has 1 aliphatic heterocycles. The molecule has 1 aromatic heterocycles. The molecule has 1 atom stereocenters. The number of aliphatic carboxylic acids is 1. The monoisotopic (exact) mass is 435 g/mol. The van der Waals surface area contributed by atoms with Crippen molar-refractivity contribution in [3.8, 4) is 17.2 Å². The highest BCUT2D eigenvalue weighted by atomic mass is 16.5. The first-order chi connectivity index (χ1) is 15.5. The Morgan fingerprint density at radius 3 is 2.81 bits per heavy atom. The number of nitrogens with zero attached hydrogens (tertiary/aromatic N) is 2. The molecule has 4 rings (SSSR count). The summed E-state index contributed by atoms with van der Waals surface area (Å²) in [4.78, 5) is 30.4. The van der Waals surface area contributed by atoms with Gasteiger partial charge in [-0.15, -0.1) is 0 Å². The Balaban J connectivity index is 1.39. The lowest BCUT2D eigenvalue weighted by Gasteiger charge is -2.33. The van der Waals surface area contributed by atoms with Crippen molar-refractivity contribution in [1.29, 1.82) is 0 Å². The maximum atomic E-state index is 12.9. The molecular weight excluding hydrogens is 410 g/mol. The van der Waals surface area contributed by atoms with E-state index in [9.17, 15) is 14.7 Å². The minimum absolute atomic E-state index is 0.235. The van der Waals surface area contributed by atoms with Crippen molar-refractivity contribution in [2.24, 2.45) is 0 Å². The van der Waals surface area contributed by atoms with Crippen LogP contribution in [-0.2, 0) is 11.2 Å². The normalized spacial score (nSPS) is 16.0. The number of aromatic nitrogens is 1. The van der Waals surface area contributed by atoms with Gasteiger partial charge < -0.3 is 24.5 Å². The van der Waals surface area contributed by atoms with E-state index >= 15 is 0 Å². The van der Waals surface area contributed by atoms with E-state index in [0.717, 1.165) is 17.0 Å². The van der Waals surface area contributed by atoms with Crippen LogP contribution in [0.3, 0.4) is 0 Å². The summed E-state index contributed by atoms with van der Waals surface area (Å²) >= 11 is 0. The topological polar surface area (TPSA) is 105 Å². The van der Waals surface area contributed by atoms with Crippen molar-refractivity contribution in [2.45, 2.75) is 19.4 Å². The number of carboxylic acids is 1. The Hall–Kier alpha value is -3.65. The predicted octanol–water partition coefficient (Wildman–Crippen LogP) is 2.77. The quantitative estimate of drug-likeness (QED) is 0.588. The first kappa shape index (κ1) is 21.6. The SMILES string of the molecule is Cc1oc(-c2ccccc2)nc1CCOc1cccc(C(=O)N2CCNCC2C(=O)O)c1. The van der Waals surface area contributed by atoms with Gasteiger partial charge in [0.25, 0.3) is 5.91 Å². The van der Waals surface area contributed by atoms with E-state index in [4.69, 9.17) is 9.15 Å². The molecule has 0 spiro atoms. The molecule has 1 saturated heterocycles. The summed E-state index contributed by atoms with van der Waals surface area (Å²) in [5.74, 6) is 0.534. The van der Waals surface area contributed by atoms with Gasteiger partial charge in [0.05, 0.1) is 12.3 Å². The number of nitrogens with one attached hydrogen (secondary N) is 1. The van der Waals surface area contributed by atoms with E-state index in [0.29, 0.717) is 43.3 Å². The third kappa shape index (κ3) is 4.81. The second-order valence-corrected chi connectivity index (χ2v) is 7.57. The third-order valence-electron chi connectivity index (χ3n) is 5.39. The Morgan fingerprint density at radius 1 is 1.22 bits per heavy atom. The highest BCUT2D eigenvalue weighted by molar-refractivity contribution is 5.97. The molecule has 0 bridgehead atoms. The van der Waals surface area contributed by atoms with Crippen LogP contribution in [0.2, 0.25) is 0 Å². The molecular formula is C24H25N3O5. The van der Waals surface area contributed by atoms with Gasteiger partial charge in [-0.1, -0.05) is 24.3 Å². The van der Waals surface area contributed by atoms with Crippen LogP contribution >= 0.6 is 0 Å². The fourth-order valence-corrected chi connectivity index (χ4v) is 3.68. The number of oxazole rings is 1. The molecule has 2 heterocycles. The molecule has 1 unspecified atom stereocenters. The maximum Gasteiger partial charge on any atom is 0.327 e. The van der Waals surface area contributed by atoms with Gasteiger partial charge in [-0.25, -0.2) is 9.78 Å². The number of hydrogen-bond donors (Lipinski definition) is 2. The molecule has 0 radical (unpaired) electrons. The molecule has 0 saturated carbocycles. The molecule has 1 aliphatic rings. The van der Waals surface area contributed by atoms with E-state index in [1.165, 1.54) is 4.90 Å². The van der Waals surface area contributed by atoms with Gasteiger partial charge in [0.2, 0.25) is 5.89 Å². The number of piperazine rings is 1. The van der Waals surface area contributed by atoms with Crippen molar-refractivity contribution >= 4 is 11.9 Å². The van der Waals surface area contributed by atoms with Gasteiger partial charge >= 0.3 is 5.97 Å². The van der Waals surface area contributed by atoms with Gasteiger partial charge in [-0.3, -0.25) is 4.79 Å². The number of rotatable bonds is 7. The van der Waals surface area contributed by atoms with Crippen molar-refractivity contribution in [3.63, 3.8) is 0 Å². The zero-order valence-electron chi connectivity index (χ0n) is 17.8. The smallest absolute Gasteiger partial charge is 0.327 e. The largest absolute Gasteiger partial charge is 0.493 e. The molecule has 32 heavy (non-hydrogen) atoms. The van der Waals surface area contributed by atoms with E-state index < -0.39 is 12.0 Å². The molecule has 1 fully saturated rings. The lowest BCUT2D eigenvalue weighted by molar-refractivity contribution is -0.142. The number of aryl methyl sites for hydroxylation is 1. The van der Waals surface area contributed by atoms with Crippen LogP contribution in [0.4, 0.5) is 0 Å². The third-order valence-corrected chi connectivity index (χ3v) is 5.39. The minimum atomic E-state index is -1.02. The van der Waals surface area contributed by atoms with Crippen molar-refractivity contribution in [3.05, 3.63) is 71.6 Å². The second-order valence-electron chi connectivity index (χ2n) is 7.57. The number of hydrogen-bond acceptors (Lipinski definition) is 6. The van der Waals surface area contributed by atoms with Crippen LogP contribution in [0.1, 0.15) is 21.8 Å². The predicted molar refractivity (Wildman–Crippen MR) is 118 cm³/mol. The van der Waals surface area contributed by atoms with E-state index in [1.54, 1.807) is 24.3 Å². The summed E-state index contributed by atoms with van der Waals surface area (Å²) in [6.07, 6.45) is 0.555. The van der Waals surface area contributed by atoms with Crippen LogP contribution < -0.4 is 10.1 Å². The Labute approximate surface area is 185 Å². The molecule has 2 N–H and O–H groups in total. The minimum Gasteiger partial charge on any atom is -0.493 e. The highest BCUT2D eigenvalue weighted by Crippen LogP contribution is 2.22. The van der Waals surface area contributed by atoms with E-state index in [2.05, 4.69) is 10.3 Å². The number of carbonyl (C=O) groups is 2. The highest BCUT2D eigenvalue weighted by Gasteiger charge is 2.32. The van der Waals surface area contributed by atoms with Gasteiger partial charge in [0.15, 0.2) is 0 Å². The Bertz CT molecular complexity index is 1100. The molecule has 8 nitrogen and oxygen atoms in total. The first-order valence-corrected chi connectivity index (χ1v) is 10.5. The van der Waals surface area contributed by atoms with Gasteiger partial charge in [0, 0.05) is 37.2 Å². The van der Waals surface area contributed by atoms with E-state index in [-0.39, 0.29) is 12.5 Å². The molecule has 2 aromatic carbocycles. The van der Waals surface area contributed by atoms with Crippen molar-refractivity contribution < 1.29 is 23.8 Å². The summed E-state index contributed by atoms with van der Waals surface area (Å²) in [5, 5.41) is 12.4. The van der Waals surface area contributed by atoms with Gasteiger partial charge in [-0.05, 0) is 37.3 Å². The summed E-state index contributed by atoms with van der Waals surface area (Å²) in [7, 11) is 0.